The molecule has 4 heteroatoms. The Morgan fingerprint density at radius 2 is 2.56 bits per heavy atom. The third kappa shape index (κ3) is 2.62. The van der Waals surface area contributed by atoms with Crippen LogP contribution in [0.25, 0.3) is 0 Å². The lowest BCUT2D eigenvalue weighted by Crippen LogP contribution is -2.51. The fraction of sp³-hybridized carbons (Fsp3) is 0.583. The van der Waals surface area contributed by atoms with Gasteiger partial charge in [-0.2, -0.15) is 0 Å². The summed E-state index contributed by atoms with van der Waals surface area (Å²) in [7, 11) is 0. The Morgan fingerprint density at radius 1 is 1.69 bits per heavy atom. The van der Waals surface area contributed by atoms with Crippen molar-refractivity contribution < 1.29 is 4.79 Å². The van der Waals surface area contributed by atoms with Crippen LogP contribution in [0.4, 0.5) is 0 Å². The fourth-order valence-corrected chi connectivity index (χ4v) is 2.75. The third-order valence-electron chi connectivity index (χ3n) is 3.11. The molecule has 0 saturated carbocycles. The van der Waals surface area contributed by atoms with Crippen LogP contribution in [-0.4, -0.2) is 24.5 Å². The molecule has 1 aromatic heterocycles. The molecule has 2 N–H and O–H groups in total. The third-order valence-corrected chi connectivity index (χ3v) is 4.04. The smallest absolute Gasteiger partial charge is 0.240 e. The molecule has 1 unspecified atom stereocenters. The largest absolute Gasteiger partial charge is 0.354 e. The van der Waals surface area contributed by atoms with E-state index in [1.165, 1.54) is 4.88 Å². The first-order valence-electron chi connectivity index (χ1n) is 5.76. The number of hydrogen-bond donors (Lipinski definition) is 2. The van der Waals surface area contributed by atoms with Crippen molar-refractivity contribution in [2.45, 2.75) is 31.7 Å². The molecule has 1 aromatic rings. The molecule has 3 nitrogen and oxygen atoms in total. The van der Waals surface area contributed by atoms with Crippen molar-refractivity contribution in [1.29, 1.82) is 0 Å². The zero-order valence-electron chi connectivity index (χ0n) is 9.58. The molecule has 1 atom stereocenters. The average molecular weight is 238 g/mol. The molecule has 2 heterocycles. The van der Waals surface area contributed by atoms with E-state index in [0.717, 1.165) is 32.4 Å². The number of nitrogens with one attached hydrogen (secondary N) is 2. The molecule has 88 valence electrons. The van der Waals surface area contributed by atoms with Crippen LogP contribution in [0.15, 0.2) is 17.5 Å². The predicted octanol–water partition coefficient (Wildman–Crippen LogP) is 1.55. The van der Waals surface area contributed by atoms with E-state index >= 15 is 0 Å². The minimum atomic E-state index is -0.338. The minimum absolute atomic E-state index is 0.140. The number of amides is 1. The van der Waals surface area contributed by atoms with Crippen molar-refractivity contribution in [3.63, 3.8) is 0 Å². The van der Waals surface area contributed by atoms with Crippen molar-refractivity contribution in [2.24, 2.45) is 0 Å². The molecule has 0 spiro atoms. The first kappa shape index (κ1) is 11.6. The van der Waals surface area contributed by atoms with Gasteiger partial charge < -0.3 is 10.6 Å². The standard InChI is InChI=1S/C12H18N2OS/c1-12(6-3-7-14-12)11(15)13-8-5-10-4-2-9-16-10/h2,4,9,14H,3,5-8H2,1H3,(H,13,15). The van der Waals surface area contributed by atoms with Crippen molar-refractivity contribution in [3.8, 4) is 0 Å². The molecule has 1 saturated heterocycles. The second kappa shape index (κ2) is 4.97. The van der Waals surface area contributed by atoms with Gasteiger partial charge in [0.2, 0.25) is 5.91 Å². The summed E-state index contributed by atoms with van der Waals surface area (Å²) in [5, 5.41) is 8.34. The molecule has 0 aliphatic carbocycles. The molecule has 0 aromatic carbocycles. The summed E-state index contributed by atoms with van der Waals surface area (Å²) >= 11 is 1.74. The summed E-state index contributed by atoms with van der Waals surface area (Å²) in [6.45, 7) is 3.67. The van der Waals surface area contributed by atoms with Crippen LogP contribution in [0.5, 0.6) is 0 Å². The second-order valence-electron chi connectivity index (χ2n) is 4.45. The van der Waals surface area contributed by atoms with Gasteiger partial charge in [-0.15, -0.1) is 11.3 Å². The summed E-state index contributed by atoms with van der Waals surface area (Å²) in [6.07, 6.45) is 2.96. The fourth-order valence-electron chi connectivity index (χ4n) is 2.04. The van der Waals surface area contributed by atoms with Crippen LogP contribution in [0.3, 0.4) is 0 Å². The van der Waals surface area contributed by atoms with Crippen molar-refractivity contribution >= 4 is 17.2 Å². The molecule has 0 radical (unpaired) electrons. The maximum atomic E-state index is 11.9. The molecular formula is C12H18N2OS. The van der Waals surface area contributed by atoms with Gasteiger partial charge in [0.1, 0.15) is 0 Å². The highest BCUT2D eigenvalue weighted by Gasteiger charge is 2.35. The van der Waals surface area contributed by atoms with Crippen molar-refractivity contribution in [3.05, 3.63) is 22.4 Å². The van der Waals surface area contributed by atoms with Crippen LogP contribution in [0, 0.1) is 0 Å². The lowest BCUT2D eigenvalue weighted by Gasteiger charge is -2.22. The van der Waals surface area contributed by atoms with Crippen LogP contribution in [0.1, 0.15) is 24.6 Å². The molecular weight excluding hydrogens is 220 g/mol. The molecule has 1 amide bonds. The average Bonchev–Trinajstić information content (AvgIpc) is 2.90. The highest BCUT2D eigenvalue weighted by Crippen LogP contribution is 2.18. The lowest BCUT2D eigenvalue weighted by atomic mass is 9.99. The minimum Gasteiger partial charge on any atom is -0.354 e. The van der Waals surface area contributed by atoms with Gasteiger partial charge in [0.25, 0.3) is 0 Å². The lowest BCUT2D eigenvalue weighted by molar-refractivity contribution is -0.126. The van der Waals surface area contributed by atoms with Gasteiger partial charge >= 0.3 is 0 Å². The van der Waals surface area contributed by atoms with E-state index in [0.29, 0.717) is 0 Å². The van der Waals surface area contributed by atoms with E-state index in [1.807, 2.05) is 13.0 Å². The van der Waals surface area contributed by atoms with Gasteiger partial charge in [-0.05, 0) is 44.2 Å². The molecule has 0 bridgehead atoms. The van der Waals surface area contributed by atoms with Gasteiger partial charge in [0.05, 0.1) is 5.54 Å². The Labute approximate surface area is 100 Å². The normalized spacial score (nSPS) is 24.6. The molecule has 16 heavy (non-hydrogen) atoms. The van der Waals surface area contributed by atoms with Crippen LogP contribution >= 0.6 is 11.3 Å². The number of rotatable bonds is 4. The second-order valence-corrected chi connectivity index (χ2v) is 5.48. The number of carbonyl (C=O) groups excluding carboxylic acids is 1. The molecule has 1 aliphatic heterocycles. The Kier molecular flexibility index (Phi) is 3.61. The first-order valence-corrected chi connectivity index (χ1v) is 6.64. The van der Waals surface area contributed by atoms with E-state index in [-0.39, 0.29) is 11.4 Å². The number of thiophene rings is 1. The zero-order valence-corrected chi connectivity index (χ0v) is 10.4. The van der Waals surface area contributed by atoms with Crippen LogP contribution in [0.2, 0.25) is 0 Å². The van der Waals surface area contributed by atoms with E-state index in [1.54, 1.807) is 11.3 Å². The summed E-state index contributed by atoms with van der Waals surface area (Å²) in [5.74, 6) is 0.140. The molecule has 2 rings (SSSR count). The van der Waals surface area contributed by atoms with Gasteiger partial charge in [-0.1, -0.05) is 6.07 Å². The Bertz CT molecular complexity index is 342. The van der Waals surface area contributed by atoms with Gasteiger partial charge in [0, 0.05) is 11.4 Å². The Balaban J connectivity index is 1.75. The van der Waals surface area contributed by atoms with Gasteiger partial charge in [-0.3, -0.25) is 4.79 Å². The highest BCUT2D eigenvalue weighted by molar-refractivity contribution is 7.09. The quantitative estimate of drug-likeness (QED) is 0.835. The van der Waals surface area contributed by atoms with Gasteiger partial charge in [-0.25, -0.2) is 0 Å². The Hall–Kier alpha value is -0.870. The number of hydrogen-bond acceptors (Lipinski definition) is 3. The zero-order chi connectivity index (χ0) is 11.4. The monoisotopic (exact) mass is 238 g/mol. The molecule has 1 aliphatic rings. The summed E-state index contributed by atoms with van der Waals surface area (Å²) in [5.41, 5.74) is -0.338. The van der Waals surface area contributed by atoms with E-state index in [2.05, 4.69) is 22.1 Å². The van der Waals surface area contributed by atoms with Gasteiger partial charge in [0.15, 0.2) is 0 Å². The van der Waals surface area contributed by atoms with Crippen molar-refractivity contribution in [1.82, 2.24) is 10.6 Å². The maximum Gasteiger partial charge on any atom is 0.240 e. The Morgan fingerprint density at radius 3 is 3.19 bits per heavy atom. The summed E-state index contributed by atoms with van der Waals surface area (Å²) in [6, 6.07) is 4.15. The van der Waals surface area contributed by atoms with Crippen molar-refractivity contribution in [2.75, 3.05) is 13.1 Å². The SMILES string of the molecule is CC1(C(=O)NCCc2cccs2)CCCN1. The van der Waals surface area contributed by atoms with E-state index < -0.39 is 0 Å². The maximum absolute atomic E-state index is 11.9. The highest BCUT2D eigenvalue weighted by atomic mass is 32.1. The first-order chi connectivity index (χ1) is 7.71. The topological polar surface area (TPSA) is 41.1 Å². The van der Waals surface area contributed by atoms with E-state index in [4.69, 9.17) is 0 Å². The molecule has 1 fully saturated rings. The van der Waals surface area contributed by atoms with Crippen LogP contribution in [-0.2, 0) is 11.2 Å². The van der Waals surface area contributed by atoms with E-state index in [9.17, 15) is 4.79 Å². The number of carbonyl (C=O) groups is 1. The predicted molar refractivity (Wildman–Crippen MR) is 66.7 cm³/mol. The summed E-state index contributed by atoms with van der Waals surface area (Å²) < 4.78 is 0. The van der Waals surface area contributed by atoms with Crippen LogP contribution < -0.4 is 10.6 Å². The summed E-state index contributed by atoms with van der Waals surface area (Å²) in [4.78, 5) is 13.2.